The standard InChI is InChI=1S/C20H21FN2O3S/c1-4-16(26-17-8-6-5-7-14(17)21)19(24)22-13-9-10-15-18(11-13)27-20(25)23(15)12(2)3/h5-12,16H,4H2,1-3H3,(H,22,24). The van der Waals surface area contributed by atoms with Gasteiger partial charge in [-0.05, 0) is 50.6 Å². The van der Waals surface area contributed by atoms with Crippen molar-refractivity contribution < 1.29 is 13.9 Å². The molecule has 1 amide bonds. The molecule has 2 aromatic carbocycles. The highest BCUT2D eigenvalue weighted by atomic mass is 32.1. The van der Waals surface area contributed by atoms with Crippen LogP contribution in [0.25, 0.3) is 10.2 Å². The summed E-state index contributed by atoms with van der Waals surface area (Å²) >= 11 is 1.14. The molecule has 1 aromatic heterocycles. The third-order valence-electron chi connectivity index (χ3n) is 4.17. The van der Waals surface area contributed by atoms with E-state index in [0.717, 1.165) is 21.6 Å². The fourth-order valence-corrected chi connectivity index (χ4v) is 3.89. The number of ether oxygens (including phenoxy) is 1. The third-order valence-corrected chi connectivity index (χ3v) is 5.08. The number of benzene rings is 2. The van der Waals surface area contributed by atoms with Crippen molar-refractivity contribution in [2.45, 2.75) is 39.3 Å². The second kappa shape index (κ2) is 7.92. The molecule has 1 N–H and O–H groups in total. The average molecular weight is 388 g/mol. The predicted molar refractivity (Wildman–Crippen MR) is 106 cm³/mol. The topological polar surface area (TPSA) is 60.3 Å². The molecule has 27 heavy (non-hydrogen) atoms. The van der Waals surface area contributed by atoms with Gasteiger partial charge in [-0.25, -0.2) is 4.39 Å². The van der Waals surface area contributed by atoms with Crippen LogP contribution in [0, 0.1) is 5.82 Å². The van der Waals surface area contributed by atoms with Gasteiger partial charge >= 0.3 is 4.87 Å². The Kier molecular flexibility index (Phi) is 5.60. The van der Waals surface area contributed by atoms with Gasteiger partial charge in [-0.15, -0.1) is 0 Å². The van der Waals surface area contributed by atoms with Gasteiger partial charge in [0, 0.05) is 11.7 Å². The van der Waals surface area contributed by atoms with Crippen LogP contribution in [0.2, 0.25) is 0 Å². The van der Waals surface area contributed by atoms with E-state index >= 15 is 0 Å². The quantitative estimate of drug-likeness (QED) is 0.672. The van der Waals surface area contributed by atoms with Crippen LogP contribution in [0.15, 0.2) is 47.3 Å². The number of anilines is 1. The first-order valence-corrected chi connectivity index (χ1v) is 9.59. The van der Waals surface area contributed by atoms with Crippen LogP contribution in [0.1, 0.15) is 33.2 Å². The lowest BCUT2D eigenvalue weighted by Crippen LogP contribution is -2.32. The van der Waals surface area contributed by atoms with Crippen LogP contribution >= 0.6 is 11.3 Å². The molecule has 7 heteroatoms. The Morgan fingerprint density at radius 3 is 2.67 bits per heavy atom. The number of nitrogens with one attached hydrogen (secondary N) is 1. The molecule has 1 unspecified atom stereocenters. The number of hydrogen-bond acceptors (Lipinski definition) is 4. The molecule has 5 nitrogen and oxygen atoms in total. The summed E-state index contributed by atoms with van der Waals surface area (Å²) in [6, 6.07) is 11.4. The van der Waals surface area contributed by atoms with Crippen molar-refractivity contribution in [2.75, 3.05) is 5.32 Å². The fourth-order valence-electron chi connectivity index (χ4n) is 2.84. The molecule has 0 aliphatic heterocycles. The lowest BCUT2D eigenvalue weighted by atomic mass is 10.2. The Labute approximate surface area is 160 Å². The minimum absolute atomic E-state index is 0.0298. The molecule has 0 aliphatic carbocycles. The van der Waals surface area contributed by atoms with E-state index in [4.69, 9.17) is 4.74 Å². The summed E-state index contributed by atoms with van der Waals surface area (Å²) in [5.74, 6) is -0.831. The number of rotatable bonds is 6. The van der Waals surface area contributed by atoms with E-state index in [2.05, 4.69) is 5.32 Å². The molecule has 0 fully saturated rings. The van der Waals surface area contributed by atoms with Gasteiger partial charge in [0.2, 0.25) is 0 Å². The normalized spacial score (nSPS) is 12.3. The minimum atomic E-state index is -0.823. The molecule has 0 aliphatic rings. The molecule has 1 atom stereocenters. The number of nitrogens with zero attached hydrogens (tertiary/aromatic N) is 1. The Hall–Kier alpha value is -2.67. The van der Waals surface area contributed by atoms with Crippen LogP contribution in [-0.4, -0.2) is 16.6 Å². The van der Waals surface area contributed by atoms with Gasteiger partial charge in [0.25, 0.3) is 5.91 Å². The molecule has 0 saturated carbocycles. The number of para-hydroxylation sites is 1. The summed E-state index contributed by atoms with van der Waals surface area (Å²) in [4.78, 5) is 24.7. The van der Waals surface area contributed by atoms with Crippen molar-refractivity contribution in [3.8, 4) is 5.75 Å². The Balaban J connectivity index is 1.80. The van der Waals surface area contributed by atoms with Crippen LogP contribution in [0.5, 0.6) is 5.75 Å². The summed E-state index contributed by atoms with van der Waals surface area (Å²) in [6.07, 6.45) is -0.434. The first-order chi connectivity index (χ1) is 12.9. The van der Waals surface area contributed by atoms with Gasteiger partial charge in [0.1, 0.15) is 0 Å². The molecule has 0 spiro atoms. The van der Waals surface area contributed by atoms with Crippen LogP contribution in [-0.2, 0) is 4.79 Å². The highest BCUT2D eigenvalue weighted by molar-refractivity contribution is 7.16. The average Bonchev–Trinajstić information content (AvgIpc) is 2.96. The summed E-state index contributed by atoms with van der Waals surface area (Å²) in [5, 5.41) is 2.79. The number of carbonyl (C=O) groups excluding carboxylic acids is 1. The number of thiazole rings is 1. The number of hydrogen-bond donors (Lipinski definition) is 1. The molecule has 1 heterocycles. The van der Waals surface area contributed by atoms with E-state index < -0.39 is 11.9 Å². The van der Waals surface area contributed by atoms with E-state index in [1.165, 1.54) is 12.1 Å². The summed E-state index contributed by atoms with van der Waals surface area (Å²) in [6.45, 7) is 5.70. The molecule has 0 saturated heterocycles. The van der Waals surface area contributed by atoms with Gasteiger partial charge in [0.15, 0.2) is 17.7 Å². The van der Waals surface area contributed by atoms with Crippen molar-refractivity contribution in [1.29, 1.82) is 0 Å². The zero-order valence-corrected chi connectivity index (χ0v) is 16.2. The lowest BCUT2D eigenvalue weighted by Gasteiger charge is -2.17. The first-order valence-electron chi connectivity index (χ1n) is 8.77. The maximum absolute atomic E-state index is 13.8. The molecule has 0 radical (unpaired) electrons. The Morgan fingerprint density at radius 1 is 1.26 bits per heavy atom. The first kappa shape index (κ1) is 19.1. The lowest BCUT2D eigenvalue weighted by molar-refractivity contribution is -0.122. The second-order valence-corrected chi connectivity index (χ2v) is 7.44. The molecule has 3 aromatic rings. The predicted octanol–water partition coefficient (Wildman–Crippen LogP) is 4.58. The number of amides is 1. The van der Waals surface area contributed by atoms with Gasteiger partial charge < -0.3 is 10.1 Å². The van der Waals surface area contributed by atoms with Crippen molar-refractivity contribution in [3.63, 3.8) is 0 Å². The number of aromatic nitrogens is 1. The SMILES string of the molecule is CCC(Oc1ccccc1F)C(=O)Nc1ccc2c(c1)sc(=O)n2C(C)C. The largest absolute Gasteiger partial charge is 0.478 e. The molecule has 142 valence electrons. The zero-order valence-electron chi connectivity index (χ0n) is 15.4. The Bertz CT molecular complexity index is 1030. The summed E-state index contributed by atoms with van der Waals surface area (Å²) in [7, 11) is 0. The van der Waals surface area contributed by atoms with E-state index in [1.54, 1.807) is 35.8 Å². The smallest absolute Gasteiger partial charge is 0.308 e. The van der Waals surface area contributed by atoms with E-state index in [0.29, 0.717) is 12.1 Å². The summed E-state index contributed by atoms with van der Waals surface area (Å²) < 4.78 is 21.8. The Morgan fingerprint density at radius 2 is 2.00 bits per heavy atom. The van der Waals surface area contributed by atoms with Crippen LogP contribution in [0.3, 0.4) is 0 Å². The highest BCUT2D eigenvalue weighted by Crippen LogP contribution is 2.25. The second-order valence-electron chi connectivity index (χ2n) is 6.45. The van der Waals surface area contributed by atoms with E-state index in [9.17, 15) is 14.0 Å². The van der Waals surface area contributed by atoms with Crippen molar-refractivity contribution in [1.82, 2.24) is 4.57 Å². The van der Waals surface area contributed by atoms with Crippen molar-refractivity contribution >= 4 is 33.1 Å². The number of halogens is 1. The monoisotopic (exact) mass is 388 g/mol. The third kappa shape index (κ3) is 4.03. The van der Waals surface area contributed by atoms with Gasteiger partial charge in [-0.1, -0.05) is 30.4 Å². The minimum Gasteiger partial charge on any atom is -0.478 e. The van der Waals surface area contributed by atoms with Crippen molar-refractivity contribution in [3.05, 3.63) is 57.9 Å². The highest BCUT2D eigenvalue weighted by Gasteiger charge is 2.20. The van der Waals surface area contributed by atoms with Crippen LogP contribution in [0.4, 0.5) is 10.1 Å². The number of carbonyl (C=O) groups is 1. The molecule has 0 bridgehead atoms. The number of fused-ring (bicyclic) bond motifs is 1. The molecular formula is C20H21FN2O3S. The van der Waals surface area contributed by atoms with E-state index in [1.807, 2.05) is 19.9 Å². The zero-order chi connectivity index (χ0) is 19.6. The van der Waals surface area contributed by atoms with Gasteiger partial charge in [-0.3, -0.25) is 14.2 Å². The van der Waals surface area contributed by atoms with Crippen molar-refractivity contribution in [2.24, 2.45) is 0 Å². The fraction of sp³-hybridized carbons (Fsp3) is 0.300. The van der Waals surface area contributed by atoms with E-state index in [-0.39, 0.29) is 22.6 Å². The van der Waals surface area contributed by atoms with Crippen LogP contribution < -0.4 is 14.9 Å². The van der Waals surface area contributed by atoms with Gasteiger partial charge in [-0.2, -0.15) is 0 Å². The molecular weight excluding hydrogens is 367 g/mol. The van der Waals surface area contributed by atoms with Gasteiger partial charge in [0.05, 0.1) is 10.2 Å². The molecule has 3 rings (SSSR count). The summed E-state index contributed by atoms with van der Waals surface area (Å²) in [5.41, 5.74) is 1.41. The maximum Gasteiger partial charge on any atom is 0.308 e. The maximum atomic E-state index is 13.8.